The first-order chi connectivity index (χ1) is 10.8. The minimum Gasteiger partial charge on any atom is -0.376 e. The lowest BCUT2D eigenvalue weighted by molar-refractivity contribution is -0.131. The Labute approximate surface area is 132 Å². The highest BCUT2D eigenvalue weighted by Gasteiger charge is 2.25. The summed E-state index contributed by atoms with van der Waals surface area (Å²) in [6, 6.07) is 2.04. The normalized spacial score (nSPS) is 19.5. The molecule has 23 heavy (non-hydrogen) atoms. The average molecular weight is 349 g/mol. The number of sulfonamides is 1. The van der Waals surface area contributed by atoms with Crippen LogP contribution in [0.4, 0.5) is 8.78 Å². The van der Waals surface area contributed by atoms with Gasteiger partial charge in [-0.2, -0.15) is 0 Å². The molecule has 1 N–H and O–H groups in total. The lowest BCUT2D eigenvalue weighted by Crippen LogP contribution is -2.39. The second kappa shape index (κ2) is 7.33. The molecule has 1 amide bonds. The van der Waals surface area contributed by atoms with E-state index in [1.165, 1.54) is 6.92 Å². The standard InChI is InChI=1S/C14H17F2NO5S/c1-9(22-8-10-3-2-6-21-10)14(18)17-23(19,20)11-4-5-12(15)13(16)7-11/h4-5,7,9-10H,2-3,6,8H2,1H3,(H,17,18). The van der Waals surface area contributed by atoms with E-state index in [2.05, 4.69) is 0 Å². The summed E-state index contributed by atoms with van der Waals surface area (Å²) >= 11 is 0. The van der Waals surface area contributed by atoms with Gasteiger partial charge in [0.05, 0.1) is 17.6 Å². The molecule has 0 aliphatic carbocycles. The molecule has 1 heterocycles. The van der Waals surface area contributed by atoms with Crippen LogP contribution >= 0.6 is 0 Å². The molecule has 1 aliphatic heterocycles. The average Bonchev–Trinajstić information content (AvgIpc) is 3.00. The molecule has 0 spiro atoms. The Morgan fingerprint density at radius 3 is 2.78 bits per heavy atom. The van der Waals surface area contributed by atoms with E-state index in [1.807, 2.05) is 0 Å². The number of carbonyl (C=O) groups is 1. The van der Waals surface area contributed by atoms with Gasteiger partial charge in [-0.3, -0.25) is 4.79 Å². The summed E-state index contributed by atoms with van der Waals surface area (Å²) in [6.07, 6.45) is 0.605. The van der Waals surface area contributed by atoms with Crippen molar-refractivity contribution in [3.63, 3.8) is 0 Å². The molecule has 2 atom stereocenters. The Morgan fingerprint density at radius 1 is 1.43 bits per heavy atom. The highest BCUT2D eigenvalue weighted by Crippen LogP contribution is 2.15. The lowest BCUT2D eigenvalue weighted by Gasteiger charge is -2.16. The number of carbonyl (C=O) groups excluding carboxylic acids is 1. The highest BCUT2D eigenvalue weighted by molar-refractivity contribution is 7.90. The van der Waals surface area contributed by atoms with Crippen molar-refractivity contribution in [3.05, 3.63) is 29.8 Å². The SMILES string of the molecule is CC(OCC1CCCO1)C(=O)NS(=O)(=O)c1ccc(F)c(F)c1. The van der Waals surface area contributed by atoms with Crippen molar-refractivity contribution < 1.29 is 31.5 Å². The van der Waals surface area contributed by atoms with Gasteiger partial charge in [-0.1, -0.05) is 0 Å². The summed E-state index contributed by atoms with van der Waals surface area (Å²) in [5, 5.41) is 0. The van der Waals surface area contributed by atoms with Crippen LogP contribution in [-0.4, -0.2) is 39.7 Å². The maximum atomic E-state index is 13.1. The molecule has 2 rings (SSSR count). The van der Waals surface area contributed by atoms with Crippen LogP contribution in [0.25, 0.3) is 0 Å². The molecule has 9 heteroatoms. The molecule has 1 aromatic carbocycles. The van der Waals surface area contributed by atoms with Gasteiger partial charge in [0.15, 0.2) is 11.6 Å². The van der Waals surface area contributed by atoms with E-state index in [0.29, 0.717) is 18.7 Å². The minimum atomic E-state index is -4.30. The van der Waals surface area contributed by atoms with Crippen LogP contribution in [0.3, 0.4) is 0 Å². The van der Waals surface area contributed by atoms with Crippen LogP contribution in [0.15, 0.2) is 23.1 Å². The van der Waals surface area contributed by atoms with E-state index in [9.17, 15) is 22.0 Å². The number of amides is 1. The second-order valence-electron chi connectivity index (χ2n) is 5.16. The van der Waals surface area contributed by atoms with Crippen molar-refractivity contribution in [2.75, 3.05) is 13.2 Å². The van der Waals surface area contributed by atoms with Gasteiger partial charge < -0.3 is 9.47 Å². The zero-order valence-electron chi connectivity index (χ0n) is 12.4. The molecule has 1 aromatic rings. The van der Waals surface area contributed by atoms with Crippen LogP contribution in [-0.2, 0) is 24.3 Å². The zero-order chi connectivity index (χ0) is 17.0. The number of ether oxygens (including phenoxy) is 2. The first-order valence-corrected chi connectivity index (χ1v) is 8.53. The Hall–Kier alpha value is -1.58. The van der Waals surface area contributed by atoms with Gasteiger partial charge in [-0.25, -0.2) is 21.9 Å². The maximum Gasteiger partial charge on any atom is 0.264 e. The molecule has 128 valence electrons. The van der Waals surface area contributed by atoms with Crippen molar-refractivity contribution in [2.24, 2.45) is 0 Å². The summed E-state index contributed by atoms with van der Waals surface area (Å²) in [5.74, 6) is -3.39. The Kier molecular flexibility index (Phi) is 5.66. The zero-order valence-corrected chi connectivity index (χ0v) is 13.2. The van der Waals surface area contributed by atoms with Gasteiger partial charge in [0.25, 0.3) is 15.9 Å². The summed E-state index contributed by atoms with van der Waals surface area (Å²) in [4.78, 5) is 11.3. The highest BCUT2D eigenvalue weighted by atomic mass is 32.2. The van der Waals surface area contributed by atoms with E-state index in [1.54, 1.807) is 4.72 Å². The van der Waals surface area contributed by atoms with E-state index < -0.39 is 38.6 Å². The van der Waals surface area contributed by atoms with Gasteiger partial charge in [0.1, 0.15) is 6.10 Å². The summed E-state index contributed by atoms with van der Waals surface area (Å²) in [7, 11) is -4.30. The molecule has 2 unspecified atom stereocenters. The van der Waals surface area contributed by atoms with Crippen molar-refractivity contribution >= 4 is 15.9 Å². The molecular weight excluding hydrogens is 332 g/mol. The first-order valence-electron chi connectivity index (χ1n) is 7.04. The third-order valence-electron chi connectivity index (χ3n) is 3.36. The van der Waals surface area contributed by atoms with Crippen LogP contribution in [0.5, 0.6) is 0 Å². The van der Waals surface area contributed by atoms with Crippen LogP contribution < -0.4 is 4.72 Å². The summed E-state index contributed by atoms with van der Waals surface area (Å²) in [6.45, 7) is 2.21. The molecule has 0 radical (unpaired) electrons. The van der Waals surface area contributed by atoms with E-state index >= 15 is 0 Å². The van der Waals surface area contributed by atoms with Gasteiger partial charge in [0, 0.05) is 6.61 Å². The summed E-state index contributed by atoms with van der Waals surface area (Å²) < 4.78 is 62.3. The molecule has 1 saturated heterocycles. The number of hydrogen-bond acceptors (Lipinski definition) is 5. The second-order valence-corrected chi connectivity index (χ2v) is 6.84. The first kappa shape index (κ1) is 17.8. The Bertz CT molecular complexity index is 674. The minimum absolute atomic E-state index is 0.104. The molecule has 0 aromatic heterocycles. The topological polar surface area (TPSA) is 81.7 Å². The quantitative estimate of drug-likeness (QED) is 0.838. The maximum absolute atomic E-state index is 13.1. The lowest BCUT2D eigenvalue weighted by atomic mass is 10.2. The smallest absolute Gasteiger partial charge is 0.264 e. The fraction of sp³-hybridized carbons (Fsp3) is 0.500. The van der Waals surface area contributed by atoms with Gasteiger partial charge in [0.2, 0.25) is 0 Å². The van der Waals surface area contributed by atoms with Crippen LogP contribution in [0.1, 0.15) is 19.8 Å². The molecule has 0 saturated carbocycles. The monoisotopic (exact) mass is 349 g/mol. The fourth-order valence-electron chi connectivity index (χ4n) is 2.02. The molecule has 0 bridgehead atoms. The van der Waals surface area contributed by atoms with Crippen molar-refractivity contribution in [1.82, 2.24) is 4.72 Å². The van der Waals surface area contributed by atoms with Gasteiger partial charge >= 0.3 is 0 Å². The number of rotatable bonds is 6. The third-order valence-corrected chi connectivity index (χ3v) is 4.71. The number of nitrogens with one attached hydrogen (secondary N) is 1. The number of benzene rings is 1. The molecule has 1 fully saturated rings. The number of halogens is 2. The van der Waals surface area contributed by atoms with Gasteiger partial charge in [-0.15, -0.1) is 0 Å². The molecular formula is C14H17F2NO5S. The predicted molar refractivity (Wildman–Crippen MR) is 76.1 cm³/mol. The molecule has 6 nitrogen and oxygen atoms in total. The van der Waals surface area contributed by atoms with E-state index in [-0.39, 0.29) is 12.7 Å². The van der Waals surface area contributed by atoms with Crippen molar-refractivity contribution in [2.45, 2.75) is 36.9 Å². The Morgan fingerprint density at radius 2 is 2.17 bits per heavy atom. The molecule has 1 aliphatic rings. The number of hydrogen-bond donors (Lipinski definition) is 1. The Balaban J connectivity index is 1.95. The van der Waals surface area contributed by atoms with E-state index in [4.69, 9.17) is 9.47 Å². The van der Waals surface area contributed by atoms with Crippen LogP contribution in [0.2, 0.25) is 0 Å². The van der Waals surface area contributed by atoms with Gasteiger partial charge in [-0.05, 0) is 38.0 Å². The van der Waals surface area contributed by atoms with Crippen LogP contribution in [0, 0.1) is 11.6 Å². The van der Waals surface area contributed by atoms with Crippen molar-refractivity contribution in [3.8, 4) is 0 Å². The van der Waals surface area contributed by atoms with E-state index in [0.717, 1.165) is 18.9 Å². The third kappa shape index (κ3) is 4.69. The predicted octanol–water partition coefficient (Wildman–Crippen LogP) is 1.35. The summed E-state index contributed by atoms with van der Waals surface area (Å²) in [5.41, 5.74) is 0. The van der Waals surface area contributed by atoms with Crippen molar-refractivity contribution in [1.29, 1.82) is 0 Å². The fourth-order valence-corrected chi connectivity index (χ4v) is 3.08. The largest absolute Gasteiger partial charge is 0.376 e.